The van der Waals surface area contributed by atoms with Gasteiger partial charge in [0.25, 0.3) is 0 Å². The number of piperidine rings is 1. The Hall–Kier alpha value is -2.06. The molecule has 4 bridgehead atoms. The minimum atomic E-state index is -4.97. The molecule has 7 nitrogen and oxygen atoms in total. The number of Topliss-reactive ketones (excluding diaryl/α,β-unsaturated/α-hetero) is 2. The Labute approximate surface area is 209 Å². The van der Waals surface area contributed by atoms with Crippen molar-refractivity contribution in [3.63, 3.8) is 0 Å². The van der Waals surface area contributed by atoms with Gasteiger partial charge in [-0.05, 0) is 31.2 Å². The van der Waals surface area contributed by atoms with Crippen LogP contribution in [0, 0.1) is 5.92 Å². The quantitative estimate of drug-likeness (QED) is 0.507. The van der Waals surface area contributed by atoms with Gasteiger partial charge in [0.15, 0.2) is 6.23 Å². The molecule has 5 unspecified atom stereocenters. The Kier molecular flexibility index (Phi) is 8.29. The molecule has 206 valence electrons. The summed E-state index contributed by atoms with van der Waals surface area (Å²) in [5.74, 6) is -3.17. The number of hydrazine groups is 1. The molecule has 3 aliphatic heterocycles. The number of benzene rings is 1. The van der Waals surface area contributed by atoms with Crippen LogP contribution in [0.2, 0.25) is 0 Å². The van der Waals surface area contributed by atoms with E-state index in [1.165, 1.54) is 0 Å². The highest BCUT2D eigenvalue weighted by molar-refractivity contribution is 5.85. The molecule has 3 N–H and O–H groups in total. The van der Waals surface area contributed by atoms with Crippen LogP contribution in [0.4, 0.5) is 26.3 Å². The van der Waals surface area contributed by atoms with Gasteiger partial charge in [0.1, 0.15) is 17.8 Å². The van der Waals surface area contributed by atoms with Crippen molar-refractivity contribution in [1.29, 1.82) is 0 Å². The summed E-state index contributed by atoms with van der Waals surface area (Å²) in [4.78, 5) is 25.2. The summed E-state index contributed by atoms with van der Waals surface area (Å²) in [6, 6.07) is 5.76. The SMILES string of the molecule is O=C1CCCC(=O)C2NC(CCC2C(F)(F)F)C2NNC(O2)[C@@](OCc2ccccc2)(C(F)(F)F)CC1. The third-order valence-electron chi connectivity index (χ3n) is 7.25. The van der Waals surface area contributed by atoms with E-state index in [2.05, 4.69) is 16.2 Å². The monoisotopic (exact) mass is 537 g/mol. The molecule has 1 aromatic rings. The van der Waals surface area contributed by atoms with Gasteiger partial charge in [0, 0.05) is 25.3 Å². The molecule has 0 radical (unpaired) electrons. The van der Waals surface area contributed by atoms with E-state index in [4.69, 9.17) is 9.47 Å². The molecule has 3 heterocycles. The molecule has 0 spiro atoms. The van der Waals surface area contributed by atoms with Crippen molar-refractivity contribution >= 4 is 11.6 Å². The van der Waals surface area contributed by atoms with Crippen molar-refractivity contribution in [1.82, 2.24) is 16.2 Å². The molecule has 37 heavy (non-hydrogen) atoms. The van der Waals surface area contributed by atoms with Crippen molar-refractivity contribution in [3.05, 3.63) is 35.9 Å². The van der Waals surface area contributed by atoms with Gasteiger partial charge >= 0.3 is 12.4 Å². The van der Waals surface area contributed by atoms with Crippen LogP contribution in [-0.4, -0.2) is 54.1 Å². The van der Waals surface area contributed by atoms with Crippen molar-refractivity contribution in [3.8, 4) is 0 Å². The second-order valence-corrected chi connectivity index (χ2v) is 9.72. The van der Waals surface area contributed by atoms with Crippen molar-refractivity contribution in [2.24, 2.45) is 5.92 Å². The van der Waals surface area contributed by atoms with E-state index < -0.39 is 85.8 Å². The molecule has 0 aromatic heterocycles. The molecule has 0 aliphatic carbocycles. The van der Waals surface area contributed by atoms with E-state index in [1.807, 2.05) is 0 Å². The van der Waals surface area contributed by atoms with Gasteiger partial charge in [-0.1, -0.05) is 30.3 Å². The highest BCUT2D eigenvalue weighted by Crippen LogP contribution is 2.44. The maximum Gasteiger partial charge on any atom is 0.421 e. The lowest BCUT2D eigenvalue weighted by atomic mass is 9.82. The standard InChI is InChI=1S/C24H29F6N3O4/c25-23(26,27)16-9-10-17-20-32-33-21(37-20)22(24(28,29)30,36-13-14-5-2-1-3-6-14)12-11-15(34)7-4-8-18(35)19(16)31-17/h1-3,5-6,16-17,19-21,31-33H,4,7-13H2/t16?,17?,19?,20?,21?,22-/m1/s1. The molecule has 3 aliphatic rings. The molecule has 13 heteroatoms. The lowest BCUT2D eigenvalue weighted by molar-refractivity contribution is -0.320. The topological polar surface area (TPSA) is 88.7 Å². The summed E-state index contributed by atoms with van der Waals surface area (Å²) < 4.78 is 96.1. The zero-order valence-electron chi connectivity index (χ0n) is 19.8. The maximum absolute atomic E-state index is 14.7. The number of halogens is 6. The molecule has 3 saturated heterocycles. The van der Waals surface area contributed by atoms with E-state index >= 15 is 0 Å². The highest BCUT2D eigenvalue weighted by Gasteiger charge is 2.64. The zero-order chi connectivity index (χ0) is 26.8. The third-order valence-corrected chi connectivity index (χ3v) is 7.25. The van der Waals surface area contributed by atoms with E-state index in [-0.39, 0.29) is 25.7 Å². The Bertz CT molecular complexity index is 960. The number of nitrogens with one attached hydrogen (secondary N) is 3. The lowest BCUT2D eigenvalue weighted by Crippen LogP contribution is -2.61. The van der Waals surface area contributed by atoms with Gasteiger partial charge in [0.2, 0.25) is 5.60 Å². The highest BCUT2D eigenvalue weighted by atomic mass is 19.4. The molecule has 6 atom stereocenters. The number of hydrogen-bond acceptors (Lipinski definition) is 7. The number of ketones is 2. The summed E-state index contributed by atoms with van der Waals surface area (Å²) in [5.41, 5.74) is 2.60. The fourth-order valence-electron chi connectivity index (χ4n) is 5.16. The summed E-state index contributed by atoms with van der Waals surface area (Å²) in [6.07, 6.45) is -14.9. The largest absolute Gasteiger partial charge is 0.421 e. The van der Waals surface area contributed by atoms with Gasteiger partial charge in [-0.2, -0.15) is 26.3 Å². The Morgan fingerprint density at radius 3 is 2.38 bits per heavy atom. The first-order valence-electron chi connectivity index (χ1n) is 12.2. The third kappa shape index (κ3) is 6.17. The first kappa shape index (κ1) is 28.0. The summed E-state index contributed by atoms with van der Waals surface area (Å²) in [6.45, 7) is -0.410. The van der Waals surface area contributed by atoms with Gasteiger partial charge in [-0.15, -0.1) is 0 Å². The first-order valence-corrected chi connectivity index (χ1v) is 12.2. The number of ether oxygens (including phenoxy) is 2. The average Bonchev–Trinajstić information content (AvgIpc) is 3.33. The second kappa shape index (κ2) is 11.0. The van der Waals surface area contributed by atoms with Crippen LogP contribution < -0.4 is 16.2 Å². The van der Waals surface area contributed by atoms with Crippen LogP contribution in [0.15, 0.2) is 30.3 Å². The molecule has 1 aromatic carbocycles. The average molecular weight is 538 g/mol. The van der Waals surface area contributed by atoms with Crippen LogP contribution in [0.25, 0.3) is 0 Å². The van der Waals surface area contributed by atoms with Gasteiger partial charge < -0.3 is 14.8 Å². The Balaban J connectivity index is 1.63. The molecule has 0 amide bonds. The van der Waals surface area contributed by atoms with Gasteiger partial charge in [0.05, 0.1) is 18.6 Å². The predicted molar refractivity (Wildman–Crippen MR) is 118 cm³/mol. The fourth-order valence-corrected chi connectivity index (χ4v) is 5.16. The normalized spacial score (nSPS) is 34.3. The number of rotatable bonds is 3. The first-order chi connectivity index (χ1) is 17.4. The maximum atomic E-state index is 14.7. The fraction of sp³-hybridized carbons (Fsp3) is 0.667. The van der Waals surface area contributed by atoms with Crippen molar-refractivity contribution < 1.29 is 45.4 Å². The zero-order valence-corrected chi connectivity index (χ0v) is 19.8. The number of fused-ring (bicyclic) bond motifs is 5. The summed E-state index contributed by atoms with van der Waals surface area (Å²) >= 11 is 0. The minimum Gasteiger partial charge on any atom is -0.357 e. The smallest absolute Gasteiger partial charge is 0.357 e. The van der Waals surface area contributed by atoms with Crippen LogP contribution in [0.1, 0.15) is 50.5 Å². The van der Waals surface area contributed by atoms with Crippen LogP contribution in [0.5, 0.6) is 0 Å². The van der Waals surface area contributed by atoms with E-state index in [0.717, 1.165) is 0 Å². The second-order valence-electron chi connectivity index (χ2n) is 9.72. The van der Waals surface area contributed by atoms with E-state index in [1.54, 1.807) is 30.3 Å². The molecule has 3 fully saturated rings. The van der Waals surface area contributed by atoms with Gasteiger partial charge in [-0.3, -0.25) is 9.59 Å². The number of carbonyl (C=O) groups excluding carboxylic acids is 2. The lowest BCUT2D eigenvalue weighted by Gasteiger charge is -2.41. The van der Waals surface area contributed by atoms with Crippen molar-refractivity contribution in [2.75, 3.05) is 0 Å². The number of carbonyl (C=O) groups is 2. The molecular weight excluding hydrogens is 508 g/mol. The van der Waals surface area contributed by atoms with Gasteiger partial charge in [-0.25, -0.2) is 10.9 Å². The summed E-state index contributed by atoms with van der Waals surface area (Å²) in [7, 11) is 0. The summed E-state index contributed by atoms with van der Waals surface area (Å²) in [5, 5.41) is 2.67. The number of hydrogen-bond donors (Lipinski definition) is 3. The Morgan fingerprint density at radius 1 is 0.973 bits per heavy atom. The van der Waals surface area contributed by atoms with Crippen LogP contribution in [0.3, 0.4) is 0 Å². The van der Waals surface area contributed by atoms with Crippen molar-refractivity contribution in [2.45, 2.75) is 94.0 Å². The number of alkyl halides is 6. The van der Waals surface area contributed by atoms with E-state index in [0.29, 0.717) is 5.56 Å². The van der Waals surface area contributed by atoms with Crippen LogP contribution in [-0.2, 0) is 25.7 Å². The molecule has 4 rings (SSSR count). The van der Waals surface area contributed by atoms with E-state index in [9.17, 15) is 35.9 Å². The minimum absolute atomic E-state index is 0.0468. The molecular formula is C24H29F6N3O4. The van der Waals surface area contributed by atoms with Crippen LogP contribution >= 0.6 is 0 Å². The predicted octanol–water partition coefficient (Wildman–Crippen LogP) is 3.68. The molecule has 0 saturated carbocycles. The Morgan fingerprint density at radius 2 is 1.70 bits per heavy atom.